The van der Waals surface area contributed by atoms with Gasteiger partial charge in [-0.25, -0.2) is 0 Å². The van der Waals surface area contributed by atoms with Gasteiger partial charge in [0.15, 0.2) is 6.10 Å². The highest BCUT2D eigenvalue weighted by Crippen LogP contribution is 2.22. The molecular formula is C15H21NO3. The molecule has 0 bridgehead atoms. The first-order valence-electron chi connectivity index (χ1n) is 6.82. The fourth-order valence-electron chi connectivity index (χ4n) is 2.44. The SMILES string of the molecule is Cc1cc(O)cc(OC(C)C(=O)NC2CCCC2)c1. The average Bonchev–Trinajstić information content (AvgIpc) is 2.80. The van der Waals surface area contributed by atoms with Crippen molar-refractivity contribution in [1.82, 2.24) is 5.32 Å². The van der Waals surface area contributed by atoms with Gasteiger partial charge in [0, 0.05) is 12.1 Å². The van der Waals surface area contributed by atoms with E-state index < -0.39 is 6.10 Å². The van der Waals surface area contributed by atoms with Crippen LogP contribution in [0.3, 0.4) is 0 Å². The number of nitrogens with one attached hydrogen (secondary N) is 1. The summed E-state index contributed by atoms with van der Waals surface area (Å²) in [6.45, 7) is 3.60. The van der Waals surface area contributed by atoms with Gasteiger partial charge < -0.3 is 15.2 Å². The smallest absolute Gasteiger partial charge is 0.260 e. The molecule has 1 fully saturated rings. The molecule has 2 rings (SSSR count). The third kappa shape index (κ3) is 3.88. The predicted molar refractivity (Wildman–Crippen MR) is 73.3 cm³/mol. The third-order valence-corrected chi connectivity index (χ3v) is 3.42. The molecule has 1 atom stereocenters. The van der Waals surface area contributed by atoms with E-state index in [1.807, 2.05) is 6.92 Å². The zero-order valence-corrected chi connectivity index (χ0v) is 11.5. The molecule has 1 aromatic carbocycles. The van der Waals surface area contributed by atoms with E-state index in [1.165, 1.54) is 18.9 Å². The standard InChI is InChI=1S/C15H21NO3/c1-10-7-13(17)9-14(8-10)19-11(2)15(18)16-12-5-3-4-6-12/h7-9,11-12,17H,3-6H2,1-2H3,(H,16,18). The minimum Gasteiger partial charge on any atom is -0.508 e. The van der Waals surface area contributed by atoms with E-state index in [2.05, 4.69) is 5.32 Å². The number of phenols is 1. The Morgan fingerprint density at radius 2 is 2.05 bits per heavy atom. The monoisotopic (exact) mass is 263 g/mol. The van der Waals surface area contributed by atoms with Gasteiger partial charge in [0.05, 0.1) is 0 Å². The Bertz CT molecular complexity index is 432. The Morgan fingerprint density at radius 3 is 2.68 bits per heavy atom. The summed E-state index contributed by atoms with van der Waals surface area (Å²) >= 11 is 0. The van der Waals surface area contributed by atoms with Gasteiger partial charge in [-0.15, -0.1) is 0 Å². The van der Waals surface area contributed by atoms with Crippen molar-refractivity contribution in [3.8, 4) is 11.5 Å². The van der Waals surface area contributed by atoms with E-state index in [9.17, 15) is 9.90 Å². The maximum atomic E-state index is 12.0. The topological polar surface area (TPSA) is 58.6 Å². The van der Waals surface area contributed by atoms with E-state index >= 15 is 0 Å². The van der Waals surface area contributed by atoms with Gasteiger partial charge in [-0.2, -0.15) is 0 Å². The van der Waals surface area contributed by atoms with Gasteiger partial charge in [0.2, 0.25) is 0 Å². The lowest BCUT2D eigenvalue weighted by Crippen LogP contribution is -2.41. The Hall–Kier alpha value is -1.71. The van der Waals surface area contributed by atoms with Crippen LogP contribution in [0.5, 0.6) is 11.5 Å². The zero-order valence-electron chi connectivity index (χ0n) is 11.5. The van der Waals surface area contributed by atoms with Crippen LogP contribution >= 0.6 is 0 Å². The molecule has 104 valence electrons. The highest BCUT2D eigenvalue weighted by Gasteiger charge is 2.21. The number of aromatic hydroxyl groups is 1. The second kappa shape index (κ2) is 5.95. The summed E-state index contributed by atoms with van der Waals surface area (Å²) in [6, 6.07) is 5.27. The summed E-state index contributed by atoms with van der Waals surface area (Å²) < 4.78 is 5.58. The van der Waals surface area contributed by atoms with Gasteiger partial charge in [-0.1, -0.05) is 12.8 Å². The van der Waals surface area contributed by atoms with Crippen LogP contribution in [0, 0.1) is 6.92 Å². The first kappa shape index (κ1) is 13.7. The van der Waals surface area contributed by atoms with Crippen molar-refractivity contribution in [3.05, 3.63) is 23.8 Å². The van der Waals surface area contributed by atoms with E-state index in [0.717, 1.165) is 18.4 Å². The lowest BCUT2D eigenvalue weighted by Gasteiger charge is -2.18. The molecule has 4 heteroatoms. The summed E-state index contributed by atoms with van der Waals surface area (Å²) in [5.41, 5.74) is 0.901. The summed E-state index contributed by atoms with van der Waals surface area (Å²) in [4.78, 5) is 12.0. The van der Waals surface area contributed by atoms with Gasteiger partial charge in [-0.3, -0.25) is 4.79 Å². The number of carbonyl (C=O) groups is 1. The van der Waals surface area contributed by atoms with E-state index in [1.54, 1.807) is 19.1 Å². The van der Waals surface area contributed by atoms with E-state index in [0.29, 0.717) is 11.8 Å². The Morgan fingerprint density at radius 1 is 1.37 bits per heavy atom. The van der Waals surface area contributed by atoms with Crippen LogP contribution in [0.4, 0.5) is 0 Å². The molecule has 1 amide bonds. The molecule has 0 saturated heterocycles. The minimum atomic E-state index is -0.554. The number of aryl methyl sites for hydroxylation is 1. The number of hydrogen-bond acceptors (Lipinski definition) is 3. The molecule has 0 aromatic heterocycles. The molecule has 1 unspecified atom stereocenters. The lowest BCUT2D eigenvalue weighted by molar-refractivity contribution is -0.127. The normalized spacial score (nSPS) is 17.2. The van der Waals surface area contributed by atoms with Gasteiger partial charge >= 0.3 is 0 Å². The molecule has 2 N–H and O–H groups in total. The van der Waals surface area contributed by atoms with Crippen LogP contribution in [-0.2, 0) is 4.79 Å². The lowest BCUT2D eigenvalue weighted by atomic mass is 10.2. The number of rotatable bonds is 4. The van der Waals surface area contributed by atoms with Crippen LogP contribution in [0.25, 0.3) is 0 Å². The molecule has 4 nitrogen and oxygen atoms in total. The molecule has 1 aromatic rings. The van der Waals surface area contributed by atoms with Crippen molar-refractivity contribution in [2.45, 2.75) is 51.7 Å². The average molecular weight is 263 g/mol. The number of ether oxygens (including phenoxy) is 1. The largest absolute Gasteiger partial charge is 0.508 e. The maximum absolute atomic E-state index is 12.0. The summed E-state index contributed by atoms with van der Waals surface area (Å²) in [5.74, 6) is 0.581. The third-order valence-electron chi connectivity index (χ3n) is 3.42. The fourth-order valence-corrected chi connectivity index (χ4v) is 2.44. The molecule has 1 aliphatic carbocycles. The molecule has 19 heavy (non-hydrogen) atoms. The molecule has 0 aliphatic heterocycles. The van der Waals surface area contributed by atoms with Crippen molar-refractivity contribution in [2.24, 2.45) is 0 Å². The van der Waals surface area contributed by atoms with Crippen LogP contribution in [0.1, 0.15) is 38.2 Å². The van der Waals surface area contributed by atoms with Crippen LogP contribution in [0.2, 0.25) is 0 Å². The Labute approximate surface area is 113 Å². The first-order chi connectivity index (χ1) is 9.04. The second-order valence-corrected chi connectivity index (χ2v) is 5.25. The molecule has 1 saturated carbocycles. The van der Waals surface area contributed by atoms with E-state index in [4.69, 9.17) is 4.74 Å². The number of benzene rings is 1. The highest BCUT2D eigenvalue weighted by molar-refractivity contribution is 5.81. The number of carbonyl (C=O) groups excluding carboxylic acids is 1. The number of phenolic OH excluding ortho intramolecular Hbond substituents is 1. The Balaban J connectivity index is 1.91. The van der Waals surface area contributed by atoms with Crippen molar-refractivity contribution in [2.75, 3.05) is 0 Å². The number of hydrogen-bond donors (Lipinski definition) is 2. The maximum Gasteiger partial charge on any atom is 0.260 e. The number of amides is 1. The van der Waals surface area contributed by atoms with Crippen molar-refractivity contribution >= 4 is 5.91 Å². The summed E-state index contributed by atoms with van der Waals surface area (Å²) in [6.07, 6.45) is 3.94. The summed E-state index contributed by atoms with van der Waals surface area (Å²) in [7, 11) is 0. The van der Waals surface area contributed by atoms with Crippen LogP contribution in [-0.4, -0.2) is 23.2 Å². The molecule has 0 spiro atoms. The van der Waals surface area contributed by atoms with Crippen LogP contribution in [0.15, 0.2) is 18.2 Å². The van der Waals surface area contributed by atoms with E-state index in [-0.39, 0.29) is 11.7 Å². The van der Waals surface area contributed by atoms with Crippen molar-refractivity contribution < 1.29 is 14.6 Å². The molecular weight excluding hydrogens is 242 g/mol. The molecule has 0 heterocycles. The predicted octanol–water partition coefficient (Wildman–Crippen LogP) is 2.53. The first-order valence-corrected chi connectivity index (χ1v) is 6.82. The molecule has 0 radical (unpaired) electrons. The van der Waals surface area contributed by atoms with Gasteiger partial charge in [0.25, 0.3) is 5.91 Å². The van der Waals surface area contributed by atoms with Crippen molar-refractivity contribution in [1.29, 1.82) is 0 Å². The Kier molecular flexibility index (Phi) is 4.30. The van der Waals surface area contributed by atoms with Gasteiger partial charge in [0.1, 0.15) is 11.5 Å². The van der Waals surface area contributed by atoms with Crippen LogP contribution < -0.4 is 10.1 Å². The van der Waals surface area contributed by atoms with Gasteiger partial charge in [-0.05, 0) is 44.4 Å². The highest BCUT2D eigenvalue weighted by atomic mass is 16.5. The second-order valence-electron chi connectivity index (χ2n) is 5.25. The minimum absolute atomic E-state index is 0.0899. The zero-order chi connectivity index (χ0) is 13.8. The fraction of sp³-hybridized carbons (Fsp3) is 0.533. The molecule has 1 aliphatic rings. The quantitative estimate of drug-likeness (QED) is 0.877. The summed E-state index contributed by atoms with van der Waals surface area (Å²) in [5, 5.41) is 12.5. The van der Waals surface area contributed by atoms with Crippen molar-refractivity contribution in [3.63, 3.8) is 0 Å².